The minimum atomic E-state index is -0.777. The Morgan fingerprint density at radius 1 is 1.30 bits per heavy atom. The lowest BCUT2D eigenvalue weighted by Gasteiger charge is -2.39. The van der Waals surface area contributed by atoms with Crippen LogP contribution in [0.5, 0.6) is 0 Å². The molecule has 0 bridgehead atoms. The summed E-state index contributed by atoms with van der Waals surface area (Å²) < 4.78 is 26.7. The highest BCUT2D eigenvalue weighted by Gasteiger charge is 2.35. The molecule has 2 rings (SSSR count). The Kier molecular flexibility index (Phi) is 4.35. The Morgan fingerprint density at radius 2 is 1.95 bits per heavy atom. The zero-order chi connectivity index (χ0) is 14.8. The predicted octanol–water partition coefficient (Wildman–Crippen LogP) is 1.59. The number of amides is 1. The molecule has 1 aliphatic rings. The lowest BCUT2D eigenvalue weighted by Crippen LogP contribution is -2.58. The van der Waals surface area contributed by atoms with Crippen molar-refractivity contribution < 1.29 is 13.6 Å². The molecule has 0 spiro atoms. The van der Waals surface area contributed by atoms with Crippen LogP contribution < -0.4 is 10.6 Å². The van der Waals surface area contributed by atoms with E-state index in [-0.39, 0.29) is 11.6 Å². The highest BCUT2D eigenvalue weighted by atomic mass is 19.1. The second-order valence-electron chi connectivity index (χ2n) is 5.37. The van der Waals surface area contributed by atoms with Gasteiger partial charge in [0.25, 0.3) is 0 Å². The highest BCUT2D eigenvalue weighted by molar-refractivity contribution is 5.97. The standard InChI is InChI=1S/C14H19F2N3O/c1-14(2,19-7-5-17-6-8-19)13(20)18-12-9-10(15)3-4-11(12)16/h3-4,9,17H,5-8H2,1-2H3,(H,18,20). The van der Waals surface area contributed by atoms with E-state index in [1.54, 1.807) is 13.8 Å². The molecule has 1 heterocycles. The maximum atomic E-state index is 13.6. The molecule has 1 fully saturated rings. The van der Waals surface area contributed by atoms with Crippen LogP contribution in [0, 0.1) is 11.6 Å². The van der Waals surface area contributed by atoms with E-state index >= 15 is 0 Å². The van der Waals surface area contributed by atoms with Crippen molar-refractivity contribution in [3.8, 4) is 0 Å². The second kappa shape index (κ2) is 5.85. The molecule has 0 atom stereocenters. The molecule has 0 aromatic heterocycles. The van der Waals surface area contributed by atoms with E-state index in [1.807, 2.05) is 4.90 Å². The average Bonchev–Trinajstić information content (AvgIpc) is 2.43. The molecule has 0 aliphatic carbocycles. The van der Waals surface area contributed by atoms with Gasteiger partial charge in [-0.15, -0.1) is 0 Å². The largest absolute Gasteiger partial charge is 0.322 e. The number of nitrogens with zero attached hydrogens (tertiary/aromatic N) is 1. The zero-order valence-corrected chi connectivity index (χ0v) is 11.7. The molecule has 110 valence electrons. The van der Waals surface area contributed by atoms with Crippen LogP contribution in [-0.2, 0) is 4.79 Å². The number of hydrogen-bond acceptors (Lipinski definition) is 3. The summed E-state index contributed by atoms with van der Waals surface area (Å²) in [6.07, 6.45) is 0. The van der Waals surface area contributed by atoms with Crippen molar-refractivity contribution in [1.82, 2.24) is 10.2 Å². The van der Waals surface area contributed by atoms with Gasteiger partial charge in [0.15, 0.2) is 0 Å². The van der Waals surface area contributed by atoms with E-state index in [0.29, 0.717) is 0 Å². The van der Waals surface area contributed by atoms with Crippen LogP contribution in [-0.4, -0.2) is 42.5 Å². The van der Waals surface area contributed by atoms with Gasteiger partial charge in [0, 0.05) is 32.2 Å². The first-order chi connectivity index (χ1) is 9.41. The van der Waals surface area contributed by atoms with Gasteiger partial charge in [0.1, 0.15) is 11.6 Å². The molecule has 0 saturated carbocycles. The van der Waals surface area contributed by atoms with E-state index < -0.39 is 17.2 Å². The fourth-order valence-corrected chi connectivity index (χ4v) is 2.24. The molecule has 1 amide bonds. The summed E-state index contributed by atoms with van der Waals surface area (Å²) in [5, 5.41) is 5.68. The van der Waals surface area contributed by atoms with Crippen molar-refractivity contribution in [3.63, 3.8) is 0 Å². The first-order valence-corrected chi connectivity index (χ1v) is 6.63. The topological polar surface area (TPSA) is 44.4 Å². The number of nitrogens with one attached hydrogen (secondary N) is 2. The number of rotatable bonds is 3. The van der Waals surface area contributed by atoms with Crippen LogP contribution in [0.4, 0.5) is 14.5 Å². The summed E-state index contributed by atoms with van der Waals surface area (Å²) >= 11 is 0. The van der Waals surface area contributed by atoms with Gasteiger partial charge in [-0.25, -0.2) is 8.78 Å². The summed E-state index contributed by atoms with van der Waals surface area (Å²) in [6, 6.07) is 3.01. The molecular weight excluding hydrogens is 264 g/mol. The third-order valence-electron chi connectivity index (χ3n) is 3.64. The number of piperazine rings is 1. The fourth-order valence-electron chi connectivity index (χ4n) is 2.24. The van der Waals surface area contributed by atoms with Crippen LogP contribution >= 0.6 is 0 Å². The lowest BCUT2D eigenvalue weighted by atomic mass is 10.00. The van der Waals surface area contributed by atoms with Crippen molar-refractivity contribution >= 4 is 11.6 Å². The summed E-state index contributed by atoms with van der Waals surface area (Å²) in [6.45, 7) is 6.67. The summed E-state index contributed by atoms with van der Waals surface area (Å²) in [5.74, 6) is -1.57. The van der Waals surface area contributed by atoms with Gasteiger partial charge >= 0.3 is 0 Å². The van der Waals surface area contributed by atoms with Crippen molar-refractivity contribution in [1.29, 1.82) is 0 Å². The Balaban J connectivity index is 2.11. The predicted molar refractivity (Wildman–Crippen MR) is 73.5 cm³/mol. The molecular formula is C14H19F2N3O. The third kappa shape index (κ3) is 3.13. The molecule has 1 aliphatic heterocycles. The van der Waals surface area contributed by atoms with Crippen LogP contribution in [0.3, 0.4) is 0 Å². The maximum Gasteiger partial charge on any atom is 0.244 e. The fraction of sp³-hybridized carbons (Fsp3) is 0.500. The van der Waals surface area contributed by atoms with Crippen molar-refractivity contribution in [3.05, 3.63) is 29.8 Å². The summed E-state index contributed by atoms with van der Waals surface area (Å²) in [7, 11) is 0. The number of carbonyl (C=O) groups excluding carboxylic acids is 1. The summed E-state index contributed by atoms with van der Waals surface area (Å²) in [4.78, 5) is 14.4. The zero-order valence-electron chi connectivity index (χ0n) is 11.7. The Bertz CT molecular complexity index is 499. The van der Waals surface area contributed by atoms with Crippen LogP contribution in [0.25, 0.3) is 0 Å². The van der Waals surface area contributed by atoms with Crippen LogP contribution in [0.2, 0.25) is 0 Å². The first kappa shape index (κ1) is 14.9. The number of anilines is 1. The molecule has 0 unspecified atom stereocenters. The third-order valence-corrected chi connectivity index (χ3v) is 3.64. The van der Waals surface area contributed by atoms with Gasteiger partial charge in [-0.1, -0.05) is 0 Å². The second-order valence-corrected chi connectivity index (χ2v) is 5.37. The lowest BCUT2D eigenvalue weighted by molar-refractivity contribution is -0.126. The molecule has 1 aromatic carbocycles. The SMILES string of the molecule is CC(C)(C(=O)Nc1cc(F)ccc1F)N1CCNCC1. The molecule has 20 heavy (non-hydrogen) atoms. The van der Waals surface area contributed by atoms with Gasteiger partial charge < -0.3 is 10.6 Å². The van der Waals surface area contributed by atoms with E-state index in [1.165, 1.54) is 0 Å². The Hall–Kier alpha value is -1.53. The van der Waals surface area contributed by atoms with E-state index in [2.05, 4.69) is 10.6 Å². The smallest absolute Gasteiger partial charge is 0.244 e. The van der Waals surface area contributed by atoms with Gasteiger partial charge in [-0.2, -0.15) is 0 Å². The monoisotopic (exact) mass is 283 g/mol. The quantitative estimate of drug-likeness (QED) is 0.885. The van der Waals surface area contributed by atoms with E-state index in [0.717, 1.165) is 44.4 Å². The van der Waals surface area contributed by atoms with Gasteiger partial charge in [-0.3, -0.25) is 9.69 Å². The van der Waals surface area contributed by atoms with E-state index in [9.17, 15) is 13.6 Å². The van der Waals surface area contributed by atoms with Crippen molar-refractivity contribution in [2.45, 2.75) is 19.4 Å². The Labute approximate surface area is 117 Å². The normalized spacial score (nSPS) is 17.0. The van der Waals surface area contributed by atoms with E-state index in [4.69, 9.17) is 0 Å². The number of carbonyl (C=O) groups is 1. The molecule has 6 heteroatoms. The maximum absolute atomic E-state index is 13.6. The van der Waals surface area contributed by atoms with Gasteiger partial charge in [0.2, 0.25) is 5.91 Å². The minimum Gasteiger partial charge on any atom is -0.322 e. The Morgan fingerprint density at radius 3 is 2.60 bits per heavy atom. The molecule has 1 aromatic rings. The molecule has 2 N–H and O–H groups in total. The highest BCUT2D eigenvalue weighted by Crippen LogP contribution is 2.20. The summed E-state index contributed by atoms with van der Waals surface area (Å²) in [5.41, 5.74) is -0.904. The van der Waals surface area contributed by atoms with Gasteiger partial charge in [0.05, 0.1) is 11.2 Å². The molecule has 0 radical (unpaired) electrons. The van der Waals surface area contributed by atoms with Gasteiger partial charge in [-0.05, 0) is 26.0 Å². The van der Waals surface area contributed by atoms with Crippen molar-refractivity contribution in [2.24, 2.45) is 0 Å². The molecule has 4 nitrogen and oxygen atoms in total. The minimum absolute atomic E-state index is 0.127. The number of benzene rings is 1. The van der Waals surface area contributed by atoms with Crippen molar-refractivity contribution in [2.75, 3.05) is 31.5 Å². The van der Waals surface area contributed by atoms with Crippen LogP contribution in [0.1, 0.15) is 13.8 Å². The molecule has 1 saturated heterocycles. The average molecular weight is 283 g/mol. The van der Waals surface area contributed by atoms with Crippen LogP contribution in [0.15, 0.2) is 18.2 Å². The number of hydrogen-bond donors (Lipinski definition) is 2. The number of halogens is 2. The first-order valence-electron chi connectivity index (χ1n) is 6.63.